The number of hydrogen-bond acceptors (Lipinski definition) is 3. The Morgan fingerprint density at radius 1 is 1.04 bits per heavy atom. The average Bonchev–Trinajstić information content (AvgIpc) is 2.67. The van der Waals surface area contributed by atoms with Gasteiger partial charge in [-0.2, -0.15) is 0 Å². The van der Waals surface area contributed by atoms with Crippen molar-refractivity contribution in [2.45, 2.75) is 19.0 Å². The monoisotopic (exact) mass is 358 g/mol. The lowest BCUT2D eigenvalue weighted by atomic mass is 10.0. The fourth-order valence-corrected chi connectivity index (χ4v) is 3.15. The Hall–Kier alpha value is -1.88. The molecule has 1 aliphatic rings. The van der Waals surface area contributed by atoms with Crippen LogP contribution in [0.1, 0.15) is 30.1 Å². The summed E-state index contributed by atoms with van der Waals surface area (Å²) in [5.41, 5.74) is 2.07. The first-order valence-corrected chi connectivity index (χ1v) is 8.96. The number of halogens is 1. The highest BCUT2D eigenvalue weighted by atomic mass is 35.5. The Kier molecular flexibility index (Phi) is 6.08. The van der Waals surface area contributed by atoms with Gasteiger partial charge >= 0.3 is 0 Å². The van der Waals surface area contributed by atoms with Crippen LogP contribution in [0.2, 0.25) is 5.02 Å². The van der Waals surface area contributed by atoms with Gasteiger partial charge in [-0.1, -0.05) is 54.1 Å². The molecule has 0 radical (unpaired) electrons. The van der Waals surface area contributed by atoms with E-state index in [4.69, 9.17) is 16.3 Å². The minimum atomic E-state index is -0.384. The second kappa shape index (κ2) is 8.48. The topological polar surface area (TPSA) is 41.6 Å². The molecule has 1 fully saturated rings. The number of rotatable bonds is 5. The lowest BCUT2D eigenvalue weighted by Crippen LogP contribution is -2.46. The van der Waals surface area contributed by atoms with Gasteiger partial charge < -0.3 is 9.64 Å². The summed E-state index contributed by atoms with van der Waals surface area (Å²) in [6.45, 7) is 4.53. The van der Waals surface area contributed by atoms with Crippen molar-refractivity contribution in [2.75, 3.05) is 26.3 Å². The molecule has 1 aliphatic heterocycles. The molecule has 5 heteroatoms. The molecule has 0 bridgehead atoms. The van der Waals surface area contributed by atoms with Crippen LogP contribution in [0, 0.1) is 0 Å². The third-order valence-electron chi connectivity index (χ3n) is 4.49. The van der Waals surface area contributed by atoms with E-state index in [9.17, 15) is 4.79 Å². The summed E-state index contributed by atoms with van der Waals surface area (Å²) in [5, 5.41) is 4.20. The van der Waals surface area contributed by atoms with Gasteiger partial charge in [-0.3, -0.25) is 10.1 Å². The fraction of sp³-hybridized carbons (Fsp3) is 0.350. The van der Waals surface area contributed by atoms with Crippen molar-refractivity contribution in [3.05, 3.63) is 70.7 Å². The number of morpholine rings is 1. The van der Waals surface area contributed by atoms with Crippen LogP contribution in [0.3, 0.4) is 0 Å². The first kappa shape index (κ1) is 17.9. The van der Waals surface area contributed by atoms with Gasteiger partial charge in [0.1, 0.15) is 6.04 Å². The molecule has 0 unspecified atom stereocenters. The van der Waals surface area contributed by atoms with Crippen LogP contribution in [0.5, 0.6) is 0 Å². The Balaban J connectivity index is 1.80. The highest BCUT2D eigenvalue weighted by Gasteiger charge is 2.28. The summed E-state index contributed by atoms with van der Waals surface area (Å²) in [6, 6.07) is 17.2. The summed E-state index contributed by atoms with van der Waals surface area (Å²) in [6.07, 6.45) is 0. The summed E-state index contributed by atoms with van der Waals surface area (Å²) in [7, 11) is 0. The van der Waals surface area contributed by atoms with Crippen LogP contribution in [0.15, 0.2) is 54.6 Å². The molecule has 2 atom stereocenters. The fourth-order valence-electron chi connectivity index (χ4n) is 3.02. The normalized spacial score (nSPS) is 17.1. The second-order valence-electron chi connectivity index (χ2n) is 6.22. The molecule has 1 N–H and O–H groups in total. The Bertz CT molecular complexity index is 685. The quantitative estimate of drug-likeness (QED) is 0.888. The van der Waals surface area contributed by atoms with E-state index in [1.165, 1.54) is 0 Å². The van der Waals surface area contributed by atoms with Gasteiger partial charge in [0.05, 0.1) is 13.2 Å². The number of benzene rings is 2. The van der Waals surface area contributed by atoms with Crippen LogP contribution >= 0.6 is 11.6 Å². The van der Waals surface area contributed by atoms with Gasteiger partial charge in [0.15, 0.2) is 0 Å². The lowest BCUT2D eigenvalue weighted by molar-refractivity contribution is -0.138. The zero-order valence-electron chi connectivity index (χ0n) is 14.3. The molecule has 132 valence electrons. The molecule has 4 nitrogen and oxygen atoms in total. The third kappa shape index (κ3) is 4.60. The summed E-state index contributed by atoms with van der Waals surface area (Å²) in [4.78, 5) is 15.0. The Labute approximate surface area is 153 Å². The predicted octanol–water partition coefficient (Wildman–Crippen LogP) is 3.59. The van der Waals surface area contributed by atoms with Crippen molar-refractivity contribution in [1.82, 2.24) is 10.2 Å². The van der Waals surface area contributed by atoms with Crippen molar-refractivity contribution in [3.63, 3.8) is 0 Å². The number of hydrogen-bond donors (Lipinski definition) is 1. The molecule has 0 aromatic heterocycles. The Morgan fingerprint density at radius 2 is 1.68 bits per heavy atom. The molecule has 1 amide bonds. The van der Waals surface area contributed by atoms with Gasteiger partial charge in [-0.05, 0) is 30.2 Å². The average molecular weight is 359 g/mol. The number of carbonyl (C=O) groups excluding carboxylic acids is 1. The van der Waals surface area contributed by atoms with Gasteiger partial charge in [-0.25, -0.2) is 0 Å². The first-order valence-electron chi connectivity index (χ1n) is 8.58. The highest BCUT2D eigenvalue weighted by Crippen LogP contribution is 2.23. The van der Waals surface area contributed by atoms with E-state index >= 15 is 0 Å². The van der Waals surface area contributed by atoms with Crippen molar-refractivity contribution in [2.24, 2.45) is 0 Å². The van der Waals surface area contributed by atoms with Crippen LogP contribution in [0.25, 0.3) is 0 Å². The van der Waals surface area contributed by atoms with Crippen LogP contribution in [0.4, 0.5) is 0 Å². The van der Waals surface area contributed by atoms with Crippen LogP contribution in [-0.2, 0) is 9.53 Å². The van der Waals surface area contributed by atoms with Crippen molar-refractivity contribution < 1.29 is 9.53 Å². The van der Waals surface area contributed by atoms with Crippen molar-refractivity contribution in [3.8, 4) is 0 Å². The van der Waals surface area contributed by atoms with E-state index in [2.05, 4.69) is 12.2 Å². The molecule has 0 saturated carbocycles. The number of carbonyl (C=O) groups is 1. The maximum Gasteiger partial charge on any atom is 0.244 e. The molecule has 25 heavy (non-hydrogen) atoms. The molecule has 0 aliphatic carbocycles. The molecular weight excluding hydrogens is 336 g/mol. The molecule has 2 aromatic rings. The molecular formula is C20H23ClN2O2. The zero-order valence-corrected chi connectivity index (χ0v) is 15.1. The van der Waals surface area contributed by atoms with Gasteiger partial charge in [0.25, 0.3) is 0 Å². The number of amides is 1. The lowest BCUT2D eigenvalue weighted by Gasteiger charge is -2.32. The van der Waals surface area contributed by atoms with Gasteiger partial charge in [0.2, 0.25) is 5.91 Å². The molecule has 2 aromatic carbocycles. The highest BCUT2D eigenvalue weighted by molar-refractivity contribution is 6.30. The number of ether oxygens (including phenoxy) is 1. The predicted molar refractivity (Wildman–Crippen MR) is 99.6 cm³/mol. The summed E-state index contributed by atoms with van der Waals surface area (Å²) in [5.74, 6) is 0.0929. The first-order chi connectivity index (χ1) is 12.1. The third-order valence-corrected chi connectivity index (χ3v) is 4.74. The van der Waals surface area contributed by atoms with E-state index in [1.807, 2.05) is 59.5 Å². The zero-order chi connectivity index (χ0) is 17.6. The maximum absolute atomic E-state index is 13.1. The van der Waals surface area contributed by atoms with Crippen LogP contribution in [-0.4, -0.2) is 37.1 Å². The largest absolute Gasteiger partial charge is 0.378 e. The van der Waals surface area contributed by atoms with Crippen molar-refractivity contribution in [1.29, 1.82) is 0 Å². The van der Waals surface area contributed by atoms with E-state index in [-0.39, 0.29) is 18.0 Å². The van der Waals surface area contributed by atoms with Crippen molar-refractivity contribution >= 4 is 17.5 Å². The van der Waals surface area contributed by atoms with Gasteiger partial charge in [0, 0.05) is 24.2 Å². The van der Waals surface area contributed by atoms with E-state index in [0.717, 1.165) is 11.1 Å². The molecule has 0 spiro atoms. The summed E-state index contributed by atoms with van der Waals surface area (Å²) >= 11 is 5.98. The minimum absolute atomic E-state index is 0.0208. The van der Waals surface area contributed by atoms with E-state index in [1.54, 1.807) is 0 Å². The molecule has 1 heterocycles. The number of nitrogens with zero attached hydrogens (tertiary/aromatic N) is 1. The molecule has 1 saturated heterocycles. The van der Waals surface area contributed by atoms with E-state index < -0.39 is 0 Å². The number of nitrogens with one attached hydrogen (secondary N) is 1. The summed E-state index contributed by atoms with van der Waals surface area (Å²) < 4.78 is 5.37. The molecule has 3 rings (SSSR count). The van der Waals surface area contributed by atoms with Crippen LogP contribution < -0.4 is 5.32 Å². The van der Waals surface area contributed by atoms with Gasteiger partial charge in [-0.15, -0.1) is 0 Å². The SMILES string of the molecule is C[C@H](N[C@@H](C(=O)N1CCOCC1)c1ccccc1)c1ccc(Cl)cc1. The Morgan fingerprint density at radius 3 is 2.32 bits per heavy atom. The minimum Gasteiger partial charge on any atom is -0.378 e. The standard InChI is InChI=1S/C20H23ClN2O2/c1-15(16-7-9-18(21)10-8-16)22-19(17-5-3-2-4-6-17)20(24)23-11-13-25-14-12-23/h2-10,15,19,22H,11-14H2,1H3/t15-,19+/m0/s1. The van der Waals surface area contributed by atoms with E-state index in [0.29, 0.717) is 31.3 Å². The maximum atomic E-state index is 13.1. The smallest absolute Gasteiger partial charge is 0.244 e. The second-order valence-corrected chi connectivity index (χ2v) is 6.66.